The van der Waals surface area contributed by atoms with Gasteiger partial charge in [0.25, 0.3) is 0 Å². The number of ether oxygens (including phenoxy) is 1. The van der Waals surface area contributed by atoms with E-state index in [4.69, 9.17) is 15.0 Å². The molecule has 2 N–H and O–H groups in total. The lowest BCUT2D eigenvalue weighted by Crippen LogP contribution is -2.23. The molecule has 1 heterocycles. The maximum absolute atomic E-state index is 6.08. The molecule has 0 aliphatic heterocycles. The lowest BCUT2D eigenvalue weighted by atomic mass is 10.0. The molecule has 20 heavy (non-hydrogen) atoms. The lowest BCUT2D eigenvalue weighted by molar-refractivity contribution is 0.126. The Balaban J connectivity index is 1.85. The van der Waals surface area contributed by atoms with E-state index in [2.05, 4.69) is 10.1 Å². The summed E-state index contributed by atoms with van der Waals surface area (Å²) in [6, 6.07) is 10.0. The van der Waals surface area contributed by atoms with Crippen LogP contribution in [0.15, 0.2) is 34.9 Å². The van der Waals surface area contributed by atoms with E-state index < -0.39 is 0 Å². The standard InChI is InChI=1S/C15H19N3O2/c1-19-13(10-6-3-2-4-7-10)14-17-15(20-18-14)11-8-5-9-12(11)16/h2-4,6-7,11-13H,5,8-9,16H2,1H3. The molecular weight excluding hydrogens is 254 g/mol. The third-order valence-electron chi connectivity index (χ3n) is 3.92. The first-order valence-corrected chi connectivity index (χ1v) is 6.96. The number of rotatable bonds is 4. The molecule has 1 saturated carbocycles. The lowest BCUT2D eigenvalue weighted by Gasteiger charge is -2.11. The van der Waals surface area contributed by atoms with Crippen molar-refractivity contribution in [3.8, 4) is 0 Å². The van der Waals surface area contributed by atoms with Crippen LogP contribution in [0.5, 0.6) is 0 Å². The van der Waals surface area contributed by atoms with Crippen molar-refractivity contribution in [3.05, 3.63) is 47.6 Å². The average molecular weight is 273 g/mol. The van der Waals surface area contributed by atoms with Gasteiger partial charge in [0.2, 0.25) is 11.7 Å². The van der Waals surface area contributed by atoms with Gasteiger partial charge in [0.15, 0.2) is 0 Å². The van der Waals surface area contributed by atoms with Gasteiger partial charge in [-0.15, -0.1) is 0 Å². The number of nitrogens with zero attached hydrogens (tertiary/aromatic N) is 2. The van der Waals surface area contributed by atoms with Crippen LogP contribution in [0.4, 0.5) is 0 Å². The normalized spacial score (nSPS) is 23.9. The van der Waals surface area contributed by atoms with Crippen molar-refractivity contribution < 1.29 is 9.26 Å². The SMILES string of the molecule is COC(c1ccccc1)c1noc(C2CCCC2N)n1. The Morgan fingerprint density at radius 2 is 2.10 bits per heavy atom. The van der Waals surface area contributed by atoms with Crippen LogP contribution >= 0.6 is 0 Å². The minimum atomic E-state index is -0.300. The molecule has 0 amide bonds. The molecule has 2 aromatic rings. The quantitative estimate of drug-likeness (QED) is 0.925. The van der Waals surface area contributed by atoms with E-state index in [-0.39, 0.29) is 18.1 Å². The number of hydrogen-bond donors (Lipinski definition) is 1. The van der Waals surface area contributed by atoms with Crippen LogP contribution in [-0.4, -0.2) is 23.3 Å². The third-order valence-corrected chi connectivity index (χ3v) is 3.92. The molecule has 106 valence electrons. The summed E-state index contributed by atoms with van der Waals surface area (Å²) in [5, 5.41) is 4.08. The molecule has 3 atom stereocenters. The Bertz CT molecular complexity index is 555. The van der Waals surface area contributed by atoms with E-state index in [1.165, 1.54) is 0 Å². The molecule has 1 aromatic heterocycles. The van der Waals surface area contributed by atoms with Crippen molar-refractivity contribution in [2.24, 2.45) is 5.73 Å². The third kappa shape index (κ3) is 2.46. The van der Waals surface area contributed by atoms with E-state index in [1.54, 1.807) is 7.11 Å². The van der Waals surface area contributed by atoms with Crippen molar-refractivity contribution in [2.45, 2.75) is 37.3 Å². The fourth-order valence-electron chi connectivity index (χ4n) is 2.82. The van der Waals surface area contributed by atoms with Gasteiger partial charge in [-0.1, -0.05) is 41.9 Å². The highest BCUT2D eigenvalue weighted by Gasteiger charge is 2.31. The zero-order valence-corrected chi connectivity index (χ0v) is 11.5. The van der Waals surface area contributed by atoms with Crippen molar-refractivity contribution >= 4 is 0 Å². The summed E-state index contributed by atoms with van der Waals surface area (Å²) in [4.78, 5) is 4.51. The van der Waals surface area contributed by atoms with E-state index in [9.17, 15) is 0 Å². The van der Waals surface area contributed by atoms with Gasteiger partial charge in [0.05, 0.1) is 5.92 Å². The first-order chi connectivity index (χ1) is 9.79. The average Bonchev–Trinajstić information content (AvgIpc) is 3.10. The van der Waals surface area contributed by atoms with Crippen molar-refractivity contribution in [2.75, 3.05) is 7.11 Å². The predicted octanol–water partition coefficient (Wildman–Crippen LogP) is 2.40. The fourth-order valence-corrected chi connectivity index (χ4v) is 2.82. The van der Waals surface area contributed by atoms with Gasteiger partial charge >= 0.3 is 0 Å². The van der Waals surface area contributed by atoms with Crippen molar-refractivity contribution in [1.82, 2.24) is 10.1 Å². The molecule has 1 aliphatic rings. The Hall–Kier alpha value is -1.72. The van der Waals surface area contributed by atoms with E-state index in [0.29, 0.717) is 11.7 Å². The highest BCUT2D eigenvalue weighted by molar-refractivity contribution is 5.22. The van der Waals surface area contributed by atoms with E-state index in [0.717, 1.165) is 24.8 Å². The van der Waals surface area contributed by atoms with Crippen LogP contribution < -0.4 is 5.73 Å². The second-order valence-electron chi connectivity index (χ2n) is 5.22. The summed E-state index contributed by atoms with van der Waals surface area (Å²) in [6.45, 7) is 0. The van der Waals surface area contributed by atoms with Crippen molar-refractivity contribution in [1.29, 1.82) is 0 Å². The summed E-state index contributed by atoms with van der Waals surface area (Å²) in [7, 11) is 1.65. The van der Waals surface area contributed by atoms with Gasteiger partial charge in [-0.2, -0.15) is 4.98 Å². The number of benzene rings is 1. The molecule has 1 aliphatic carbocycles. The van der Waals surface area contributed by atoms with E-state index >= 15 is 0 Å². The highest BCUT2D eigenvalue weighted by Crippen LogP contribution is 2.33. The van der Waals surface area contributed by atoms with Crippen LogP contribution in [0.25, 0.3) is 0 Å². The summed E-state index contributed by atoms with van der Waals surface area (Å²) < 4.78 is 10.9. The largest absolute Gasteiger partial charge is 0.369 e. The zero-order valence-electron chi connectivity index (χ0n) is 11.5. The summed E-state index contributed by atoms with van der Waals surface area (Å²) in [5.74, 6) is 1.39. The molecule has 1 fully saturated rings. The molecule has 0 spiro atoms. The first-order valence-electron chi connectivity index (χ1n) is 6.96. The molecule has 1 aromatic carbocycles. The zero-order chi connectivity index (χ0) is 13.9. The van der Waals surface area contributed by atoms with Gasteiger partial charge in [-0.3, -0.25) is 0 Å². The number of aromatic nitrogens is 2. The Morgan fingerprint density at radius 1 is 1.30 bits per heavy atom. The minimum Gasteiger partial charge on any atom is -0.369 e. The van der Waals surface area contributed by atoms with Crippen LogP contribution in [0.3, 0.4) is 0 Å². The molecule has 3 rings (SSSR count). The van der Waals surface area contributed by atoms with Crippen LogP contribution in [0.1, 0.15) is 48.6 Å². The fraction of sp³-hybridized carbons (Fsp3) is 0.467. The molecular formula is C15H19N3O2. The van der Waals surface area contributed by atoms with Crippen LogP contribution in [0, 0.1) is 0 Å². The molecule has 5 heteroatoms. The smallest absolute Gasteiger partial charge is 0.231 e. The molecule has 0 saturated heterocycles. The first kappa shape index (κ1) is 13.3. The second kappa shape index (κ2) is 5.73. The highest BCUT2D eigenvalue weighted by atomic mass is 16.5. The monoisotopic (exact) mass is 273 g/mol. The van der Waals surface area contributed by atoms with Crippen molar-refractivity contribution in [3.63, 3.8) is 0 Å². The van der Waals surface area contributed by atoms with Crippen LogP contribution in [-0.2, 0) is 4.74 Å². The number of methoxy groups -OCH3 is 1. The maximum Gasteiger partial charge on any atom is 0.231 e. The molecule has 0 radical (unpaired) electrons. The maximum atomic E-state index is 6.08. The van der Waals surface area contributed by atoms with Gasteiger partial charge in [0.1, 0.15) is 6.10 Å². The van der Waals surface area contributed by atoms with Gasteiger partial charge in [-0.25, -0.2) is 0 Å². The van der Waals surface area contributed by atoms with Gasteiger partial charge in [0, 0.05) is 13.2 Å². The molecule has 3 unspecified atom stereocenters. The topological polar surface area (TPSA) is 74.2 Å². The van der Waals surface area contributed by atoms with E-state index in [1.807, 2.05) is 30.3 Å². The van der Waals surface area contributed by atoms with Gasteiger partial charge < -0.3 is 15.0 Å². The minimum absolute atomic E-state index is 0.126. The Labute approximate surface area is 118 Å². The molecule has 5 nitrogen and oxygen atoms in total. The van der Waals surface area contributed by atoms with Crippen LogP contribution in [0.2, 0.25) is 0 Å². The Morgan fingerprint density at radius 3 is 2.75 bits per heavy atom. The summed E-state index contributed by atoms with van der Waals surface area (Å²) in [5.41, 5.74) is 7.09. The summed E-state index contributed by atoms with van der Waals surface area (Å²) in [6.07, 6.45) is 2.86. The second-order valence-corrected chi connectivity index (χ2v) is 5.22. The Kier molecular flexibility index (Phi) is 3.80. The predicted molar refractivity (Wildman–Crippen MR) is 74.2 cm³/mol. The summed E-state index contributed by atoms with van der Waals surface area (Å²) >= 11 is 0. The van der Waals surface area contributed by atoms with Gasteiger partial charge in [-0.05, 0) is 18.4 Å². The molecule has 0 bridgehead atoms. The number of nitrogens with two attached hydrogens (primary N) is 1. The number of hydrogen-bond acceptors (Lipinski definition) is 5.